The maximum Gasteiger partial charge on any atom is 0.248 e. The van der Waals surface area contributed by atoms with Gasteiger partial charge in [0.05, 0.1) is 12.2 Å². The highest BCUT2D eigenvalue weighted by Crippen LogP contribution is 2.21. The molecule has 88 valence electrons. The SMILES string of the molecule is CC(C)OC1CCN(C(=O)CO)CC1C. The lowest BCUT2D eigenvalue weighted by molar-refractivity contribution is -0.139. The van der Waals surface area contributed by atoms with Gasteiger partial charge in [-0.15, -0.1) is 0 Å². The van der Waals surface area contributed by atoms with Crippen molar-refractivity contribution in [2.45, 2.75) is 39.4 Å². The topological polar surface area (TPSA) is 49.8 Å². The van der Waals surface area contributed by atoms with Gasteiger partial charge in [-0.25, -0.2) is 0 Å². The molecule has 4 heteroatoms. The van der Waals surface area contributed by atoms with Crippen molar-refractivity contribution in [3.63, 3.8) is 0 Å². The van der Waals surface area contributed by atoms with E-state index in [4.69, 9.17) is 9.84 Å². The molecule has 0 aromatic heterocycles. The lowest BCUT2D eigenvalue weighted by Gasteiger charge is -2.37. The van der Waals surface area contributed by atoms with E-state index in [0.717, 1.165) is 6.42 Å². The molecule has 1 aliphatic rings. The zero-order valence-corrected chi connectivity index (χ0v) is 9.77. The van der Waals surface area contributed by atoms with E-state index in [1.165, 1.54) is 0 Å². The molecule has 1 N–H and O–H groups in total. The van der Waals surface area contributed by atoms with Crippen molar-refractivity contribution in [2.75, 3.05) is 19.7 Å². The summed E-state index contributed by atoms with van der Waals surface area (Å²) in [5, 5.41) is 8.76. The van der Waals surface area contributed by atoms with Crippen molar-refractivity contribution in [1.82, 2.24) is 4.90 Å². The predicted octanol–water partition coefficient (Wildman–Crippen LogP) is 0.641. The molecule has 1 fully saturated rings. The smallest absolute Gasteiger partial charge is 0.248 e. The summed E-state index contributed by atoms with van der Waals surface area (Å²) >= 11 is 0. The van der Waals surface area contributed by atoms with E-state index in [0.29, 0.717) is 19.0 Å². The highest BCUT2D eigenvalue weighted by Gasteiger charge is 2.29. The fourth-order valence-corrected chi connectivity index (χ4v) is 2.00. The first-order valence-electron chi connectivity index (χ1n) is 5.58. The number of aliphatic hydroxyl groups excluding tert-OH is 1. The van der Waals surface area contributed by atoms with Gasteiger partial charge in [0.1, 0.15) is 6.61 Å². The highest BCUT2D eigenvalue weighted by molar-refractivity contribution is 5.77. The summed E-state index contributed by atoms with van der Waals surface area (Å²) < 4.78 is 5.76. The number of hydrogen-bond acceptors (Lipinski definition) is 3. The Labute approximate surface area is 91.2 Å². The van der Waals surface area contributed by atoms with E-state index in [9.17, 15) is 4.79 Å². The lowest BCUT2D eigenvalue weighted by atomic mass is 9.96. The van der Waals surface area contributed by atoms with Gasteiger partial charge in [-0.3, -0.25) is 4.79 Å². The van der Waals surface area contributed by atoms with E-state index in [1.54, 1.807) is 4.90 Å². The van der Waals surface area contributed by atoms with Gasteiger partial charge in [-0.05, 0) is 26.2 Å². The maximum atomic E-state index is 11.3. The molecule has 4 nitrogen and oxygen atoms in total. The Balaban J connectivity index is 2.44. The number of carbonyl (C=O) groups is 1. The van der Waals surface area contributed by atoms with Crippen LogP contribution >= 0.6 is 0 Å². The molecular weight excluding hydrogens is 194 g/mol. The van der Waals surface area contributed by atoms with Crippen LogP contribution in [-0.4, -0.2) is 47.8 Å². The van der Waals surface area contributed by atoms with Gasteiger partial charge < -0.3 is 14.7 Å². The molecule has 0 saturated carbocycles. The molecule has 1 aliphatic heterocycles. The predicted molar refractivity (Wildman–Crippen MR) is 57.5 cm³/mol. The average molecular weight is 215 g/mol. The summed E-state index contributed by atoms with van der Waals surface area (Å²) in [7, 11) is 0. The zero-order valence-electron chi connectivity index (χ0n) is 9.77. The fraction of sp³-hybridized carbons (Fsp3) is 0.909. The van der Waals surface area contributed by atoms with Gasteiger partial charge in [0.25, 0.3) is 0 Å². The van der Waals surface area contributed by atoms with Gasteiger partial charge in [-0.2, -0.15) is 0 Å². The molecule has 0 bridgehead atoms. The summed E-state index contributed by atoms with van der Waals surface area (Å²) in [5.74, 6) is 0.168. The number of likely N-dealkylation sites (tertiary alicyclic amines) is 1. The lowest BCUT2D eigenvalue weighted by Crippen LogP contribution is -2.47. The normalized spacial score (nSPS) is 27.1. The largest absolute Gasteiger partial charge is 0.387 e. The highest BCUT2D eigenvalue weighted by atomic mass is 16.5. The van der Waals surface area contributed by atoms with Crippen LogP contribution in [0, 0.1) is 5.92 Å². The van der Waals surface area contributed by atoms with Crippen molar-refractivity contribution in [2.24, 2.45) is 5.92 Å². The van der Waals surface area contributed by atoms with Crippen LogP contribution in [0.1, 0.15) is 27.2 Å². The molecule has 0 spiro atoms. The van der Waals surface area contributed by atoms with E-state index >= 15 is 0 Å². The maximum absolute atomic E-state index is 11.3. The minimum Gasteiger partial charge on any atom is -0.387 e. The van der Waals surface area contributed by atoms with Crippen LogP contribution in [0.4, 0.5) is 0 Å². The summed E-state index contributed by atoms with van der Waals surface area (Å²) in [5.41, 5.74) is 0. The second-order valence-corrected chi connectivity index (χ2v) is 4.49. The minimum atomic E-state index is -0.386. The molecule has 1 saturated heterocycles. The minimum absolute atomic E-state index is 0.176. The van der Waals surface area contributed by atoms with Crippen LogP contribution in [0.3, 0.4) is 0 Å². The molecule has 1 heterocycles. The van der Waals surface area contributed by atoms with Crippen molar-refractivity contribution in [3.05, 3.63) is 0 Å². The Hall–Kier alpha value is -0.610. The molecule has 1 amide bonds. The van der Waals surface area contributed by atoms with Crippen molar-refractivity contribution < 1.29 is 14.6 Å². The summed E-state index contributed by atoms with van der Waals surface area (Å²) in [6.45, 7) is 7.14. The van der Waals surface area contributed by atoms with Gasteiger partial charge in [-0.1, -0.05) is 6.92 Å². The zero-order chi connectivity index (χ0) is 11.4. The van der Waals surface area contributed by atoms with Crippen molar-refractivity contribution in [3.8, 4) is 0 Å². The van der Waals surface area contributed by atoms with Crippen molar-refractivity contribution >= 4 is 5.91 Å². The first-order chi connectivity index (χ1) is 7.04. The summed E-state index contributed by atoms with van der Waals surface area (Å²) in [6, 6.07) is 0. The molecule has 2 atom stereocenters. The Morgan fingerprint density at radius 2 is 2.27 bits per heavy atom. The van der Waals surface area contributed by atoms with Crippen LogP contribution in [0.5, 0.6) is 0 Å². The summed E-state index contributed by atoms with van der Waals surface area (Å²) in [4.78, 5) is 13.0. The molecule has 0 aromatic carbocycles. The number of ether oxygens (including phenoxy) is 1. The van der Waals surface area contributed by atoms with Gasteiger partial charge >= 0.3 is 0 Å². The molecule has 2 unspecified atom stereocenters. The Kier molecular flexibility index (Phi) is 4.54. The second kappa shape index (κ2) is 5.47. The average Bonchev–Trinajstić information content (AvgIpc) is 2.19. The molecule has 0 radical (unpaired) electrons. The molecule has 0 aliphatic carbocycles. The first kappa shape index (κ1) is 12.5. The van der Waals surface area contributed by atoms with Crippen molar-refractivity contribution in [1.29, 1.82) is 0 Å². The van der Waals surface area contributed by atoms with E-state index < -0.39 is 0 Å². The fourth-order valence-electron chi connectivity index (χ4n) is 2.00. The number of hydrogen-bond donors (Lipinski definition) is 1. The molecule has 1 rings (SSSR count). The monoisotopic (exact) mass is 215 g/mol. The number of amides is 1. The number of nitrogens with zero attached hydrogens (tertiary/aromatic N) is 1. The van der Waals surface area contributed by atoms with E-state index in [2.05, 4.69) is 6.92 Å². The van der Waals surface area contributed by atoms with Crippen LogP contribution in [0.2, 0.25) is 0 Å². The van der Waals surface area contributed by atoms with Crippen LogP contribution in [-0.2, 0) is 9.53 Å². The third-order valence-electron chi connectivity index (χ3n) is 2.76. The molecular formula is C11H21NO3. The van der Waals surface area contributed by atoms with E-state index in [1.807, 2.05) is 13.8 Å². The Morgan fingerprint density at radius 1 is 1.60 bits per heavy atom. The standard InChI is InChI=1S/C11H21NO3/c1-8(2)15-10-4-5-12(6-9(10)3)11(14)7-13/h8-10,13H,4-7H2,1-3H3. The third-order valence-corrected chi connectivity index (χ3v) is 2.76. The summed E-state index contributed by atoms with van der Waals surface area (Å²) in [6.07, 6.45) is 1.34. The van der Waals surface area contributed by atoms with Crippen LogP contribution < -0.4 is 0 Å². The number of aliphatic hydroxyl groups is 1. The molecule has 15 heavy (non-hydrogen) atoms. The second-order valence-electron chi connectivity index (χ2n) is 4.49. The van der Waals surface area contributed by atoms with E-state index in [-0.39, 0.29) is 24.7 Å². The third kappa shape index (κ3) is 3.47. The Morgan fingerprint density at radius 3 is 2.73 bits per heavy atom. The quantitative estimate of drug-likeness (QED) is 0.751. The number of carbonyl (C=O) groups excluding carboxylic acids is 1. The molecule has 0 aromatic rings. The Bertz CT molecular complexity index is 218. The number of piperidine rings is 1. The van der Waals surface area contributed by atoms with Crippen LogP contribution in [0.15, 0.2) is 0 Å². The number of rotatable bonds is 3. The van der Waals surface area contributed by atoms with Gasteiger partial charge in [0, 0.05) is 13.1 Å². The van der Waals surface area contributed by atoms with Gasteiger partial charge in [0.2, 0.25) is 5.91 Å². The first-order valence-corrected chi connectivity index (χ1v) is 5.58. The van der Waals surface area contributed by atoms with Crippen LogP contribution in [0.25, 0.3) is 0 Å². The van der Waals surface area contributed by atoms with Gasteiger partial charge in [0.15, 0.2) is 0 Å².